The second kappa shape index (κ2) is 9.46. The molecule has 0 saturated heterocycles. The summed E-state index contributed by atoms with van der Waals surface area (Å²) in [6, 6.07) is 5.31. The Bertz CT molecular complexity index is 369. The molecule has 0 amide bonds. The van der Waals surface area contributed by atoms with E-state index in [1.165, 1.54) is 6.42 Å². The predicted molar refractivity (Wildman–Crippen MR) is 83.5 cm³/mol. The van der Waals surface area contributed by atoms with E-state index >= 15 is 0 Å². The van der Waals surface area contributed by atoms with Gasteiger partial charge in [-0.1, -0.05) is 37.0 Å². The van der Waals surface area contributed by atoms with Crippen molar-refractivity contribution in [2.75, 3.05) is 19.7 Å². The number of benzene rings is 1. The Labute approximate surface area is 126 Å². The fourth-order valence-electron chi connectivity index (χ4n) is 1.69. The van der Waals surface area contributed by atoms with Gasteiger partial charge >= 0.3 is 0 Å². The number of ether oxygens (including phenoxy) is 1. The Morgan fingerprint density at radius 2 is 1.95 bits per heavy atom. The minimum atomic E-state index is 0.575. The van der Waals surface area contributed by atoms with Crippen molar-refractivity contribution >= 4 is 23.2 Å². The topological polar surface area (TPSA) is 21.3 Å². The van der Waals surface area contributed by atoms with Gasteiger partial charge in [-0.25, -0.2) is 0 Å². The average Bonchev–Trinajstić information content (AvgIpc) is 2.34. The van der Waals surface area contributed by atoms with Crippen LogP contribution in [0, 0.1) is 5.92 Å². The molecule has 4 heteroatoms. The smallest absolute Gasteiger partial charge is 0.137 e. The number of halogens is 2. The zero-order chi connectivity index (χ0) is 14.1. The highest BCUT2D eigenvalue weighted by Crippen LogP contribution is 2.27. The zero-order valence-corrected chi connectivity index (χ0v) is 13.2. The molecule has 0 saturated carbocycles. The van der Waals surface area contributed by atoms with Gasteiger partial charge in [-0.15, -0.1) is 0 Å². The van der Waals surface area contributed by atoms with Crippen molar-refractivity contribution in [1.82, 2.24) is 5.32 Å². The fourth-order valence-corrected chi connectivity index (χ4v) is 2.16. The summed E-state index contributed by atoms with van der Waals surface area (Å²) in [5.74, 6) is 1.43. The first-order valence-electron chi connectivity index (χ1n) is 6.88. The maximum Gasteiger partial charge on any atom is 0.137 e. The van der Waals surface area contributed by atoms with E-state index < -0.39 is 0 Å². The van der Waals surface area contributed by atoms with Crippen LogP contribution in [0.15, 0.2) is 18.2 Å². The summed E-state index contributed by atoms with van der Waals surface area (Å²) in [4.78, 5) is 0. The molecule has 0 atom stereocenters. The molecule has 108 valence electrons. The van der Waals surface area contributed by atoms with E-state index in [-0.39, 0.29) is 0 Å². The predicted octanol–water partition coefficient (Wildman–Crippen LogP) is 4.79. The van der Waals surface area contributed by atoms with Crippen molar-refractivity contribution in [1.29, 1.82) is 0 Å². The van der Waals surface area contributed by atoms with Gasteiger partial charge in [0, 0.05) is 5.02 Å². The molecule has 1 aromatic carbocycles. The third-order valence-electron chi connectivity index (χ3n) is 2.70. The van der Waals surface area contributed by atoms with E-state index in [9.17, 15) is 0 Å². The van der Waals surface area contributed by atoms with Crippen LogP contribution in [0.4, 0.5) is 0 Å². The van der Waals surface area contributed by atoms with Crippen molar-refractivity contribution in [2.45, 2.75) is 33.1 Å². The average molecular weight is 304 g/mol. The van der Waals surface area contributed by atoms with E-state index in [1.54, 1.807) is 12.1 Å². The summed E-state index contributed by atoms with van der Waals surface area (Å²) < 4.78 is 5.63. The number of rotatable bonds is 9. The molecule has 19 heavy (non-hydrogen) atoms. The van der Waals surface area contributed by atoms with Gasteiger partial charge in [-0.3, -0.25) is 0 Å². The fraction of sp³-hybridized carbons (Fsp3) is 0.600. The monoisotopic (exact) mass is 303 g/mol. The summed E-state index contributed by atoms with van der Waals surface area (Å²) in [6.45, 7) is 7.32. The number of hydrogen-bond donors (Lipinski definition) is 1. The zero-order valence-electron chi connectivity index (χ0n) is 11.7. The normalized spacial score (nSPS) is 11.0. The summed E-state index contributed by atoms with van der Waals surface area (Å²) in [5.41, 5.74) is 0. The minimum Gasteiger partial charge on any atom is -0.492 e. The van der Waals surface area contributed by atoms with Gasteiger partial charge in [0.2, 0.25) is 0 Å². The lowest BCUT2D eigenvalue weighted by Gasteiger charge is -2.09. The van der Waals surface area contributed by atoms with Crippen LogP contribution in [-0.2, 0) is 0 Å². The number of hydrogen-bond acceptors (Lipinski definition) is 2. The lowest BCUT2D eigenvalue weighted by Crippen LogP contribution is -2.20. The molecule has 0 radical (unpaired) electrons. The molecule has 0 bridgehead atoms. The molecule has 0 aromatic heterocycles. The van der Waals surface area contributed by atoms with Gasteiger partial charge in [0.05, 0.1) is 11.6 Å². The summed E-state index contributed by atoms with van der Waals surface area (Å²) >= 11 is 11.8. The molecule has 2 nitrogen and oxygen atoms in total. The van der Waals surface area contributed by atoms with Crippen molar-refractivity contribution in [2.24, 2.45) is 5.92 Å². The maximum atomic E-state index is 6.02. The van der Waals surface area contributed by atoms with Crippen LogP contribution in [0.3, 0.4) is 0 Å². The SMILES string of the molecule is CC(C)CNCCCCCOc1ccc(Cl)cc1Cl. The molecular formula is C15H23Cl2NO. The van der Waals surface area contributed by atoms with Crippen LogP contribution in [0.2, 0.25) is 10.0 Å². The van der Waals surface area contributed by atoms with Gasteiger partial charge < -0.3 is 10.1 Å². The van der Waals surface area contributed by atoms with Crippen LogP contribution in [0.1, 0.15) is 33.1 Å². The Kier molecular flexibility index (Phi) is 8.27. The Balaban J connectivity index is 2.04. The summed E-state index contributed by atoms with van der Waals surface area (Å²) in [5, 5.41) is 4.64. The molecule has 0 spiro atoms. The number of nitrogens with one attached hydrogen (secondary N) is 1. The largest absolute Gasteiger partial charge is 0.492 e. The van der Waals surface area contributed by atoms with Crippen molar-refractivity contribution in [3.63, 3.8) is 0 Å². The van der Waals surface area contributed by atoms with Crippen LogP contribution in [0.5, 0.6) is 5.75 Å². The van der Waals surface area contributed by atoms with Crippen LogP contribution < -0.4 is 10.1 Å². The molecular weight excluding hydrogens is 281 g/mol. The molecule has 0 heterocycles. The van der Waals surface area contributed by atoms with Gasteiger partial charge in [0.1, 0.15) is 5.75 Å². The molecule has 0 aliphatic carbocycles. The highest BCUT2D eigenvalue weighted by molar-refractivity contribution is 6.35. The molecule has 1 rings (SSSR count). The van der Waals surface area contributed by atoms with E-state index in [0.717, 1.165) is 31.8 Å². The van der Waals surface area contributed by atoms with Crippen LogP contribution in [-0.4, -0.2) is 19.7 Å². The Morgan fingerprint density at radius 1 is 1.16 bits per heavy atom. The Morgan fingerprint density at radius 3 is 2.63 bits per heavy atom. The van der Waals surface area contributed by atoms with E-state index in [2.05, 4.69) is 19.2 Å². The second-order valence-electron chi connectivity index (χ2n) is 5.08. The highest BCUT2D eigenvalue weighted by Gasteiger charge is 2.01. The molecule has 1 N–H and O–H groups in total. The van der Waals surface area contributed by atoms with Gasteiger partial charge in [0.25, 0.3) is 0 Å². The highest BCUT2D eigenvalue weighted by atomic mass is 35.5. The first kappa shape index (κ1) is 16.6. The summed E-state index contributed by atoms with van der Waals surface area (Å²) in [7, 11) is 0. The molecule has 1 aromatic rings. The molecule has 0 unspecified atom stereocenters. The van der Waals surface area contributed by atoms with E-state index in [4.69, 9.17) is 27.9 Å². The second-order valence-corrected chi connectivity index (χ2v) is 5.93. The van der Waals surface area contributed by atoms with E-state index in [1.807, 2.05) is 6.07 Å². The van der Waals surface area contributed by atoms with Crippen molar-refractivity contribution in [3.05, 3.63) is 28.2 Å². The quantitative estimate of drug-likeness (QED) is 0.662. The number of unbranched alkanes of at least 4 members (excludes halogenated alkanes) is 2. The van der Waals surface area contributed by atoms with Crippen LogP contribution in [0.25, 0.3) is 0 Å². The molecule has 0 aliphatic rings. The van der Waals surface area contributed by atoms with Gasteiger partial charge in [-0.05, 0) is 56.5 Å². The molecule has 0 fully saturated rings. The third-order valence-corrected chi connectivity index (χ3v) is 3.23. The molecule has 0 aliphatic heterocycles. The van der Waals surface area contributed by atoms with Crippen molar-refractivity contribution < 1.29 is 4.74 Å². The Hall–Kier alpha value is -0.440. The van der Waals surface area contributed by atoms with Gasteiger partial charge in [-0.2, -0.15) is 0 Å². The maximum absolute atomic E-state index is 6.02. The summed E-state index contributed by atoms with van der Waals surface area (Å²) in [6.07, 6.45) is 3.39. The first-order valence-corrected chi connectivity index (χ1v) is 7.63. The lowest BCUT2D eigenvalue weighted by molar-refractivity contribution is 0.305. The van der Waals surface area contributed by atoms with Crippen molar-refractivity contribution in [3.8, 4) is 5.75 Å². The van der Waals surface area contributed by atoms with Crippen LogP contribution >= 0.6 is 23.2 Å². The first-order chi connectivity index (χ1) is 9.09. The van der Waals surface area contributed by atoms with Gasteiger partial charge in [0.15, 0.2) is 0 Å². The minimum absolute atomic E-state index is 0.575. The standard InChI is InChI=1S/C15H23Cl2NO/c1-12(2)11-18-8-4-3-5-9-19-15-7-6-13(16)10-14(15)17/h6-7,10,12,18H,3-5,8-9,11H2,1-2H3. The lowest BCUT2D eigenvalue weighted by atomic mass is 10.2. The third kappa shape index (κ3) is 7.66. The van der Waals surface area contributed by atoms with E-state index in [0.29, 0.717) is 22.4 Å².